The lowest BCUT2D eigenvalue weighted by molar-refractivity contribution is 0.102. The van der Waals surface area contributed by atoms with Crippen LogP contribution >= 0.6 is 0 Å². The maximum absolute atomic E-state index is 12.4. The van der Waals surface area contributed by atoms with Gasteiger partial charge in [-0.2, -0.15) is 0 Å². The van der Waals surface area contributed by atoms with Gasteiger partial charge >= 0.3 is 0 Å². The van der Waals surface area contributed by atoms with E-state index < -0.39 is 0 Å². The van der Waals surface area contributed by atoms with Gasteiger partial charge in [0, 0.05) is 31.5 Å². The SMILES string of the molecule is COc1ccc(OC)c(Nc2ccc(C(=O)Nc3ccc(N(C)C)cc3)nn2)c1. The largest absolute Gasteiger partial charge is 0.497 e. The van der Waals surface area contributed by atoms with Crippen molar-refractivity contribution in [1.82, 2.24) is 10.2 Å². The van der Waals surface area contributed by atoms with Gasteiger partial charge in [0.25, 0.3) is 5.91 Å². The van der Waals surface area contributed by atoms with Crippen LogP contribution in [0.3, 0.4) is 0 Å². The Balaban J connectivity index is 1.69. The highest BCUT2D eigenvalue weighted by Crippen LogP contribution is 2.30. The van der Waals surface area contributed by atoms with Gasteiger partial charge in [0.1, 0.15) is 11.5 Å². The molecule has 0 unspecified atom stereocenters. The molecule has 0 saturated carbocycles. The number of hydrogen-bond acceptors (Lipinski definition) is 7. The first kappa shape index (κ1) is 19.9. The molecular formula is C21H23N5O3. The number of carbonyl (C=O) groups is 1. The van der Waals surface area contributed by atoms with Crippen LogP contribution in [-0.2, 0) is 0 Å². The number of methoxy groups -OCH3 is 2. The molecule has 0 spiro atoms. The van der Waals surface area contributed by atoms with Crippen molar-refractivity contribution < 1.29 is 14.3 Å². The Morgan fingerprint density at radius 3 is 2.28 bits per heavy atom. The molecule has 1 amide bonds. The molecule has 0 bridgehead atoms. The second kappa shape index (κ2) is 8.92. The molecule has 150 valence electrons. The van der Waals surface area contributed by atoms with E-state index in [2.05, 4.69) is 20.8 Å². The van der Waals surface area contributed by atoms with Crippen molar-refractivity contribution in [2.45, 2.75) is 0 Å². The van der Waals surface area contributed by atoms with Crippen molar-refractivity contribution >= 4 is 28.8 Å². The molecule has 3 aromatic rings. The van der Waals surface area contributed by atoms with Gasteiger partial charge in [0.2, 0.25) is 0 Å². The Labute approximate surface area is 169 Å². The van der Waals surface area contributed by atoms with Gasteiger partial charge in [-0.1, -0.05) is 0 Å². The number of hydrogen-bond donors (Lipinski definition) is 2. The third-order valence-electron chi connectivity index (χ3n) is 4.21. The number of amides is 1. The number of ether oxygens (including phenoxy) is 2. The summed E-state index contributed by atoms with van der Waals surface area (Å²) in [5, 5.41) is 14.0. The molecule has 8 heteroatoms. The fourth-order valence-corrected chi connectivity index (χ4v) is 2.61. The standard InChI is InChI=1S/C21H23N5O3/c1-26(2)15-7-5-14(6-8-15)22-21(27)17-10-12-20(25-24-17)23-18-13-16(28-3)9-11-19(18)29-4/h5-13H,1-4H3,(H,22,27)(H,23,25). The van der Waals surface area contributed by atoms with Gasteiger partial charge in [0.15, 0.2) is 11.5 Å². The van der Waals surface area contributed by atoms with E-state index in [1.165, 1.54) is 0 Å². The van der Waals surface area contributed by atoms with E-state index in [1.54, 1.807) is 44.6 Å². The summed E-state index contributed by atoms with van der Waals surface area (Å²) in [5.74, 6) is 1.46. The molecule has 0 aliphatic carbocycles. The number of anilines is 4. The van der Waals surface area contributed by atoms with Crippen LogP contribution in [0.1, 0.15) is 10.5 Å². The summed E-state index contributed by atoms with van der Waals surface area (Å²) in [6.07, 6.45) is 0. The molecule has 0 saturated heterocycles. The summed E-state index contributed by atoms with van der Waals surface area (Å²) in [6.45, 7) is 0. The van der Waals surface area contributed by atoms with E-state index in [1.807, 2.05) is 43.3 Å². The lowest BCUT2D eigenvalue weighted by Gasteiger charge is -2.13. The van der Waals surface area contributed by atoms with Crippen molar-refractivity contribution in [2.24, 2.45) is 0 Å². The summed E-state index contributed by atoms with van der Waals surface area (Å²) in [7, 11) is 7.09. The molecule has 8 nitrogen and oxygen atoms in total. The van der Waals surface area contributed by atoms with Crippen LogP contribution in [-0.4, -0.2) is 44.4 Å². The smallest absolute Gasteiger partial charge is 0.276 e. The normalized spacial score (nSPS) is 10.2. The van der Waals surface area contributed by atoms with Crippen LogP contribution in [0.4, 0.5) is 22.9 Å². The van der Waals surface area contributed by atoms with Gasteiger partial charge in [0.05, 0.1) is 19.9 Å². The highest BCUT2D eigenvalue weighted by Gasteiger charge is 2.11. The third kappa shape index (κ3) is 4.92. The molecule has 2 N–H and O–H groups in total. The first-order valence-corrected chi connectivity index (χ1v) is 8.91. The highest BCUT2D eigenvalue weighted by molar-refractivity contribution is 6.02. The van der Waals surface area contributed by atoms with Crippen LogP contribution in [0, 0.1) is 0 Å². The Bertz CT molecular complexity index is 973. The minimum Gasteiger partial charge on any atom is -0.497 e. The zero-order chi connectivity index (χ0) is 20.8. The molecule has 0 fully saturated rings. The quantitative estimate of drug-likeness (QED) is 0.634. The number of benzene rings is 2. The Hall–Kier alpha value is -3.81. The Morgan fingerprint density at radius 2 is 1.69 bits per heavy atom. The van der Waals surface area contributed by atoms with Crippen molar-refractivity contribution in [2.75, 3.05) is 43.8 Å². The molecule has 29 heavy (non-hydrogen) atoms. The lowest BCUT2D eigenvalue weighted by atomic mass is 10.2. The molecule has 0 atom stereocenters. The van der Waals surface area contributed by atoms with E-state index in [4.69, 9.17) is 9.47 Å². The Kier molecular flexibility index (Phi) is 6.13. The minimum absolute atomic E-state index is 0.213. The van der Waals surface area contributed by atoms with E-state index in [0.29, 0.717) is 28.7 Å². The number of rotatable bonds is 7. The van der Waals surface area contributed by atoms with Crippen molar-refractivity contribution in [3.63, 3.8) is 0 Å². The van der Waals surface area contributed by atoms with E-state index in [9.17, 15) is 4.79 Å². The molecule has 2 aromatic carbocycles. The predicted octanol–water partition coefficient (Wildman–Crippen LogP) is 3.56. The van der Waals surface area contributed by atoms with Crippen LogP contribution in [0.5, 0.6) is 11.5 Å². The van der Waals surface area contributed by atoms with Crippen LogP contribution in [0.2, 0.25) is 0 Å². The molecular weight excluding hydrogens is 370 g/mol. The minimum atomic E-state index is -0.333. The zero-order valence-electron chi connectivity index (χ0n) is 16.8. The van der Waals surface area contributed by atoms with Crippen LogP contribution < -0.4 is 25.0 Å². The van der Waals surface area contributed by atoms with Gasteiger partial charge in [-0.3, -0.25) is 4.79 Å². The maximum Gasteiger partial charge on any atom is 0.276 e. The summed E-state index contributed by atoms with van der Waals surface area (Å²) >= 11 is 0. The summed E-state index contributed by atoms with van der Waals surface area (Å²) in [6, 6.07) is 16.2. The number of nitrogens with one attached hydrogen (secondary N) is 2. The van der Waals surface area contributed by atoms with Gasteiger partial charge < -0.3 is 25.0 Å². The molecule has 3 rings (SSSR count). The Morgan fingerprint density at radius 1 is 0.931 bits per heavy atom. The van der Waals surface area contributed by atoms with E-state index >= 15 is 0 Å². The first-order chi connectivity index (χ1) is 14.0. The van der Waals surface area contributed by atoms with Gasteiger partial charge in [-0.25, -0.2) is 0 Å². The molecule has 0 radical (unpaired) electrons. The fraction of sp³-hybridized carbons (Fsp3) is 0.190. The lowest BCUT2D eigenvalue weighted by Crippen LogP contribution is -2.15. The second-order valence-electron chi connectivity index (χ2n) is 6.39. The first-order valence-electron chi connectivity index (χ1n) is 8.91. The molecule has 1 aromatic heterocycles. The van der Waals surface area contributed by atoms with Gasteiger partial charge in [-0.15, -0.1) is 10.2 Å². The van der Waals surface area contributed by atoms with Crippen LogP contribution in [0.25, 0.3) is 0 Å². The monoisotopic (exact) mass is 393 g/mol. The average Bonchev–Trinajstić information content (AvgIpc) is 2.74. The molecule has 1 heterocycles. The van der Waals surface area contributed by atoms with Crippen molar-refractivity contribution in [1.29, 1.82) is 0 Å². The topological polar surface area (TPSA) is 88.6 Å². The summed E-state index contributed by atoms with van der Waals surface area (Å²) in [4.78, 5) is 14.4. The van der Waals surface area contributed by atoms with Crippen molar-refractivity contribution in [3.8, 4) is 11.5 Å². The highest BCUT2D eigenvalue weighted by atomic mass is 16.5. The zero-order valence-corrected chi connectivity index (χ0v) is 16.8. The fourth-order valence-electron chi connectivity index (χ4n) is 2.61. The van der Waals surface area contributed by atoms with E-state index in [0.717, 1.165) is 5.69 Å². The molecule has 0 aliphatic heterocycles. The number of aromatic nitrogens is 2. The van der Waals surface area contributed by atoms with Crippen LogP contribution in [0.15, 0.2) is 54.6 Å². The van der Waals surface area contributed by atoms with E-state index in [-0.39, 0.29) is 11.6 Å². The third-order valence-corrected chi connectivity index (χ3v) is 4.21. The van der Waals surface area contributed by atoms with Crippen molar-refractivity contribution in [3.05, 3.63) is 60.3 Å². The molecule has 0 aliphatic rings. The summed E-state index contributed by atoms with van der Waals surface area (Å²) < 4.78 is 10.6. The number of carbonyl (C=O) groups excluding carboxylic acids is 1. The predicted molar refractivity (Wildman–Crippen MR) is 114 cm³/mol. The second-order valence-corrected chi connectivity index (χ2v) is 6.39. The summed E-state index contributed by atoms with van der Waals surface area (Å²) in [5.41, 5.74) is 2.63. The van der Waals surface area contributed by atoms with Gasteiger partial charge in [-0.05, 0) is 48.5 Å². The maximum atomic E-state index is 12.4. The average molecular weight is 393 g/mol. The number of nitrogens with zero attached hydrogens (tertiary/aromatic N) is 3.